The van der Waals surface area contributed by atoms with Crippen molar-refractivity contribution in [1.29, 1.82) is 0 Å². The number of ether oxygens (including phenoxy) is 13. The van der Waals surface area contributed by atoms with Gasteiger partial charge in [-0.3, -0.25) is 0 Å². The van der Waals surface area contributed by atoms with Crippen LogP contribution in [0.2, 0.25) is 0 Å². The molecule has 0 aliphatic rings. The quantitative estimate of drug-likeness (QED) is 0.0589. The number of hydrogen-bond acceptors (Lipinski definition) is 16. The summed E-state index contributed by atoms with van der Waals surface area (Å²) in [6.45, 7) is 12.7. The van der Waals surface area contributed by atoms with Crippen LogP contribution in [0.4, 0.5) is 4.79 Å². The molecule has 0 radical (unpaired) electrons. The lowest BCUT2D eigenvalue weighted by Gasteiger charge is -2.09. The first-order valence-electron chi connectivity index (χ1n) is 15.8. The Balaban J connectivity index is 0. The zero-order valence-corrected chi connectivity index (χ0v) is 27.8. The molecule has 0 saturated carbocycles. The van der Waals surface area contributed by atoms with Gasteiger partial charge in [-0.1, -0.05) is 0 Å². The van der Waals surface area contributed by atoms with Crippen LogP contribution in [0, 0.1) is 0 Å². The Labute approximate surface area is 278 Å². The Morgan fingerprint density at radius 1 is 0.255 bits per heavy atom. The lowest BCUT2D eigenvalue weighted by atomic mass is 10.6. The highest BCUT2D eigenvalue weighted by atomic mass is 16.6. The normalized spacial score (nSPS) is 11.1. The Morgan fingerprint density at radius 2 is 0.340 bits per heavy atom. The second kappa shape index (κ2) is 46.8. The number of carbonyl (C=O) groups is 1. The maximum atomic E-state index is 8.57. The fourth-order valence-electron chi connectivity index (χ4n) is 2.87. The first-order valence-corrected chi connectivity index (χ1v) is 15.8. The molecule has 47 heavy (non-hydrogen) atoms. The minimum atomic E-state index is -1.83. The van der Waals surface area contributed by atoms with Crippen LogP contribution < -0.4 is 0 Å². The second-order valence-electron chi connectivity index (χ2n) is 8.69. The van der Waals surface area contributed by atoms with E-state index in [4.69, 9.17) is 86.8 Å². The number of carboxylic acid groups (broad SMARTS) is 2. The van der Waals surface area contributed by atoms with Crippen molar-refractivity contribution >= 4 is 6.16 Å². The lowest BCUT2D eigenvalue weighted by molar-refractivity contribution is -0.0294. The second-order valence-corrected chi connectivity index (χ2v) is 8.69. The van der Waals surface area contributed by atoms with Gasteiger partial charge in [-0.25, -0.2) is 4.79 Å². The Kier molecular flexibility index (Phi) is 47.6. The summed E-state index contributed by atoms with van der Waals surface area (Å²) in [6.07, 6.45) is -1.83. The van der Waals surface area contributed by atoms with E-state index in [9.17, 15) is 0 Å². The molecular formula is C29H60O18. The predicted molar refractivity (Wildman–Crippen MR) is 165 cm³/mol. The summed E-state index contributed by atoms with van der Waals surface area (Å²) >= 11 is 0. The van der Waals surface area contributed by atoms with Crippen LogP contribution in [-0.4, -0.2) is 212 Å². The van der Waals surface area contributed by atoms with Gasteiger partial charge in [0.2, 0.25) is 0 Å². The smallest absolute Gasteiger partial charge is 0.450 e. The van der Waals surface area contributed by atoms with E-state index in [2.05, 4.69) is 0 Å². The van der Waals surface area contributed by atoms with Crippen LogP contribution in [0.15, 0.2) is 0 Å². The maximum Gasteiger partial charge on any atom is 0.503 e. The van der Waals surface area contributed by atoms with Crippen molar-refractivity contribution < 1.29 is 86.8 Å². The van der Waals surface area contributed by atoms with Crippen molar-refractivity contribution in [2.24, 2.45) is 0 Å². The van der Waals surface area contributed by atoms with Crippen molar-refractivity contribution in [3.63, 3.8) is 0 Å². The van der Waals surface area contributed by atoms with Crippen LogP contribution in [0.25, 0.3) is 0 Å². The average molecular weight is 697 g/mol. The molecule has 0 heterocycles. The third-order valence-corrected chi connectivity index (χ3v) is 4.94. The molecule has 18 heteroatoms. The molecule has 0 saturated heterocycles. The van der Waals surface area contributed by atoms with Gasteiger partial charge in [0.05, 0.1) is 185 Å². The first kappa shape index (κ1) is 47.8. The van der Waals surface area contributed by atoms with Crippen LogP contribution in [0.1, 0.15) is 0 Å². The number of rotatable bonds is 40. The van der Waals surface area contributed by atoms with Gasteiger partial charge in [0, 0.05) is 0 Å². The minimum Gasteiger partial charge on any atom is -0.450 e. The van der Waals surface area contributed by atoms with Gasteiger partial charge >= 0.3 is 6.16 Å². The van der Waals surface area contributed by atoms with E-state index in [-0.39, 0.29) is 13.2 Å². The fourth-order valence-corrected chi connectivity index (χ4v) is 2.87. The molecule has 18 nitrogen and oxygen atoms in total. The van der Waals surface area contributed by atoms with E-state index in [1.54, 1.807) is 0 Å². The molecular weight excluding hydrogens is 636 g/mol. The molecule has 0 aliphatic carbocycles. The zero-order chi connectivity index (χ0) is 34.6. The molecule has 0 aliphatic heterocycles. The summed E-state index contributed by atoms with van der Waals surface area (Å²) in [5.41, 5.74) is 0. The third kappa shape index (κ3) is 54.4. The van der Waals surface area contributed by atoms with Gasteiger partial charge in [0.15, 0.2) is 0 Å². The zero-order valence-electron chi connectivity index (χ0n) is 27.8. The minimum absolute atomic E-state index is 0.0234. The predicted octanol–water partition coefficient (Wildman–Crippen LogP) is -0.591. The molecule has 0 bridgehead atoms. The molecule has 0 unspecified atom stereocenters. The molecule has 0 amide bonds. The summed E-state index contributed by atoms with van der Waals surface area (Å²) in [6, 6.07) is 0. The van der Waals surface area contributed by atoms with E-state index in [0.717, 1.165) is 0 Å². The molecule has 0 aromatic heterocycles. The van der Waals surface area contributed by atoms with Crippen molar-refractivity contribution in [2.45, 2.75) is 0 Å². The van der Waals surface area contributed by atoms with E-state index >= 15 is 0 Å². The van der Waals surface area contributed by atoms with Gasteiger partial charge in [-0.2, -0.15) is 0 Å². The standard InChI is InChI=1S/C28H58O15.CH2O3/c29-1-3-31-5-7-33-9-11-35-13-15-37-17-19-39-21-23-41-25-27-43-28-26-42-24-22-40-20-18-38-16-14-36-12-10-34-8-6-32-4-2-30;2-1(3)4/h29-30H,1-28H2;(H2,2,3,4). The van der Waals surface area contributed by atoms with Crippen LogP contribution in [0.3, 0.4) is 0 Å². The van der Waals surface area contributed by atoms with E-state index in [1.807, 2.05) is 0 Å². The van der Waals surface area contributed by atoms with E-state index < -0.39 is 6.16 Å². The SMILES string of the molecule is O=C(O)O.OCCOCCOCCOCCOCCOCCOCCOCCOCCOCCOCCOCCOCCOCCO. The number of aliphatic hydroxyl groups is 2. The van der Waals surface area contributed by atoms with Gasteiger partial charge in [-0.15, -0.1) is 0 Å². The Hall–Kier alpha value is -1.33. The highest BCUT2D eigenvalue weighted by molar-refractivity contribution is 5.53. The van der Waals surface area contributed by atoms with Crippen LogP contribution in [-0.2, 0) is 61.6 Å². The highest BCUT2D eigenvalue weighted by Crippen LogP contribution is 1.87. The largest absolute Gasteiger partial charge is 0.503 e. The first-order chi connectivity index (χ1) is 23.1. The molecule has 0 spiro atoms. The summed E-state index contributed by atoms with van der Waals surface area (Å²) in [7, 11) is 0. The fraction of sp³-hybridized carbons (Fsp3) is 0.966. The molecule has 0 rings (SSSR count). The summed E-state index contributed by atoms with van der Waals surface area (Å²) in [5, 5.41) is 31.1. The molecule has 0 aromatic rings. The molecule has 4 N–H and O–H groups in total. The number of hydrogen-bond donors (Lipinski definition) is 4. The average Bonchev–Trinajstić information content (AvgIpc) is 3.05. The molecule has 284 valence electrons. The lowest BCUT2D eigenvalue weighted by Crippen LogP contribution is -2.15. The maximum absolute atomic E-state index is 8.57. The molecule has 0 aromatic carbocycles. The van der Waals surface area contributed by atoms with Crippen molar-refractivity contribution in [3.8, 4) is 0 Å². The van der Waals surface area contributed by atoms with Gasteiger partial charge in [0.1, 0.15) is 0 Å². The summed E-state index contributed by atoms with van der Waals surface area (Å²) in [5.74, 6) is 0. The monoisotopic (exact) mass is 696 g/mol. The summed E-state index contributed by atoms with van der Waals surface area (Å²) < 4.78 is 69.7. The van der Waals surface area contributed by atoms with Crippen LogP contribution in [0.5, 0.6) is 0 Å². The third-order valence-electron chi connectivity index (χ3n) is 4.94. The van der Waals surface area contributed by atoms with Gasteiger partial charge in [-0.05, 0) is 0 Å². The van der Waals surface area contributed by atoms with E-state index in [0.29, 0.717) is 172 Å². The van der Waals surface area contributed by atoms with Crippen LogP contribution >= 0.6 is 0 Å². The Bertz CT molecular complexity index is 519. The Morgan fingerprint density at radius 3 is 0.426 bits per heavy atom. The van der Waals surface area contributed by atoms with Crippen molar-refractivity contribution in [3.05, 3.63) is 0 Å². The molecule has 0 fully saturated rings. The van der Waals surface area contributed by atoms with Gasteiger partial charge in [0.25, 0.3) is 0 Å². The van der Waals surface area contributed by atoms with E-state index in [1.165, 1.54) is 0 Å². The highest BCUT2D eigenvalue weighted by Gasteiger charge is 1.97. The summed E-state index contributed by atoms with van der Waals surface area (Å²) in [4.78, 5) is 8.56. The van der Waals surface area contributed by atoms with Crippen molar-refractivity contribution in [1.82, 2.24) is 0 Å². The number of aliphatic hydroxyl groups excluding tert-OH is 2. The van der Waals surface area contributed by atoms with Crippen molar-refractivity contribution in [2.75, 3.05) is 185 Å². The topological polar surface area (TPSA) is 218 Å². The van der Waals surface area contributed by atoms with Gasteiger partial charge < -0.3 is 82.0 Å². The molecule has 0 atom stereocenters.